The zero-order chi connectivity index (χ0) is 12.8. The fourth-order valence-electron chi connectivity index (χ4n) is 2.26. The first kappa shape index (κ1) is 14.2. The van der Waals surface area contributed by atoms with E-state index in [0.29, 0.717) is 18.0 Å². The molecule has 0 saturated carbocycles. The number of hydrogen-bond acceptors (Lipinski definition) is 2. The van der Waals surface area contributed by atoms with E-state index in [9.17, 15) is 0 Å². The smallest absolute Gasteiger partial charge is 0.0681 e. The summed E-state index contributed by atoms with van der Waals surface area (Å²) in [6, 6.07) is 8.98. The van der Waals surface area contributed by atoms with Crippen LogP contribution >= 0.6 is 0 Å². The van der Waals surface area contributed by atoms with Gasteiger partial charge in [0.15, 0.2) is 0 Å². The first-order valence-corrected chi connectivity index (χ1v) is 6.48. The van der Waals surface area contributed by atoms with Crippen LogP contribution in [0, 0.1) is 5.92 Å². The SMILES string of the molecule is CC(C)CC(C)NC(C)c1cccc(CO)c1. The van der Waals surface area contributed by atoms with Crippen molar-refractivity contribution in [3.05, 3.63) is 35.4 Å². The lowest BCUT2D eigenvalue weighted by Crippen LogP contribution is -2.30. The number of aliphatic hydroxyl groups is 1. The van der Waals surface area contributed by atoms with Crippen LogP contribution in [0.1, 0.15) is 51.3 Å². The van der Waals surface area contributed by atoms with Crippen molar-refractivity contribution >= 4 is 0 Å². The molecule has 2 atom stereocenters. The van der Waals surface area contributed by atoms with Crippen molar-refractivity contribution in [1.29, 1.82) is 0 Å². The van der Waals surface area contributed by atoms with Gasteiger partial charge in [-0.15, -0.1) is 0 Å². The molecule has 0 fully saturated rings. The Morgan fingerprint density at radius 1 is 1.18 bits per heavy atom. The number of nitrogens with one attached hydrogen (secondary N) is 1. The summed E-state index contributed by atoms with van der Waals surface area (Å²) in [6.07, 6.45) is 1.18. The van der Waals surface area contributed by atoms with Crippen LogP contribution in [0.5, 0.6) is 0 Å². The molecule has 1 rings (SSSR count). The summed E-state index contributed by atoms with van der Waals surface area (Å²) in [4.78, 5) is 0. The van der Waals surface area contributed by atoms with Crippen molar-refractivity contribution < 1.29 is 5.11 Å². The van der Waals surface area contributed by atoms with Crippen molar-refractivity contribution in [1.82, 2.24) is 5.32 Å². The zero-order valence-corrected chi connectivity index (χ0v) is 11.4. The fraction of sp³-hybridized carbons (Fsp3) is 0.600. The number of benzene rings is 1. The van der Waals surface area contributed by atoms with Crippen molar-refractivity contribution in [2.45, 2.75) is 52.8 Å². The van der Waals surface area contributed by atoms with Gasteiger partial charge >= 0.3 is 0 Å². The molecule has 2 nitrogen and oxygen atoms in total. The van der Waals surface area contributed by atoms with E-state index < -0.39 is 0 Å². The zero-order valence-electron chi connectivity index (χ0n) is 11.4. The molecule has 0 spiro atoms. The molecule has 17 heavy (non-hydrogen) atoms. The lowest BCUT2D eigenvalue weighted by Gasteiger charge is -2.22. The molecule has 96 valence electrons. The molecule has 0 aliphatic heterocycles. The minimum absolute atomic E-state index is 0.113. The lowest BCUT2D eigenvalue weighted by atomic mass is 10.0. The molecule has 0 bridgehead atoms. The van der Waals surface area contributed by atoms with E-state index in [-0.39, 0.29) is 6.61 Å². The van der Waals surface area contributed by atoms with Crippen LogP contribution in [-0.2, 0) is 6.61 Å². The number of hydrogen-bond donors (Lipinski definition) is 2. The summed E-state index contributed by atoms with van der Waals surface area (Å²) in [5.41, 5.74) is 2.22. The maximum absolute atomic E-state index is 9.12. The van der Waals surface area contributed by atoms with Crippen molar-refractivity contribution in [3.63, 3.8) is 0 Å². The largest absolute Gasteiger partial charge is 0.392 e. The Morgan fingerprint density at radius 2 is 1.88 bits per heavy atom. The van der Waals surface area contributed by atoms with E-state index >= 15 is 0 Å². The Morgan fingerprint density at radius 3 is 2.47 bits per heavy atom. The molecule has 1 aromatic carbocycles. The van der Waals surface area contributed by atoms with Crippen LogP contribution < -0.4 is 5.32 Å². The van der Waals surface area contributed by atoms with Crippen LogP contribution in [0.3, 0.4) is 0 Å². The summed E-state index contributed by atoms with van der Waals surface area (Å²) in [5, 5.41) is 12.7. The quantitative estimate of drug-likeness (QED) is 0.793. The molecule has 2 N–H and O–H groups in total. The molecule has 0 heterocycles. The van der Waals surface area contributed by atoms with Gasteiger partial charge in [-0.05, 0) is 37.3 Å². The normalized spacial score (nSPS) is 14.9. The van der Waals surface area contributed by atoms with Gasteiger partial charge in [-0.3, -0.25) is 0 Å². The Bertz CT molecular complexity index is 335. The van der Waals surface area contributed by atoms with E-state index in [2.05, 4.69) is 45.1 Å². The Hall–Kier alpha value is -0.860. The topological polar surface area (TPSA) is 32.3 Å². The van der Waals surface area contributed by atoms with Gasteiger partial charge in [0, 0.05) is 12.1 Å². The van der Waals surface area contributed by atoms with Crippen molar-refractivity contribution in [3.8, 4) is 0 Å². The highest BCUT2D eigenvalue weighted by Gasteiger charge is 2.10. The molecule has 0 saturated heterocycles. The predicted octanol–water partition coefficient (Wildman–Crippen LogP) is 3.26. The number of rotatable bonds is 6. The van der Waals surface area contributed by atoms with Gasteiger partial charge in [0.25, 0.3) is 0 Å². The van der Waals surface area contributed by atoms with Gasteiger partial charge in [-0.2, -0.15) is 0 Å². The molecule has 0 aliphatic rings. The van der Waals surface area contributed by atoms with E-state index in [1.54, 1.807) is 0 Å². The summed E-state index contributed by atoms with van der Waals surface area (Å²) in [5.74, 6) is 0.716. The average Bonchev–Trinajstić information content (AvgIpc) is 2.27. The Balaban J connectivity index is 2.59. The van der Waals surface area contributed by atoms with E-state index in [1.807, 2.05) is 12.1 Å². The van der Waals surface area contributed by atoms with E-state index in [1.165, 1.54) is 12.0 Å². The summed E-state index contributed by atoms with van der Waals surface area (Å²) >= 11 is 0. The van der Waals surface area contributed by atoms with E-state index in [0.717, 1.165) is 5.56 Å². The highest BCUT2D eigenvalue weighted by molar-refractivity contribution is 5.25. The van der Waals surface area contributed by atoms with Gasteiger partial charge in [0.05, 0.1) is 6.61 Å². The third kappa shape index (κ3) is 4.88. The third-order valence-electron chi connectivity index (χ3n) is 2.99. The second-order valence-electron chi connectivity index (χ2n) is 5.32. The standard InChI is InChI=1S/C15H25NO/c1-11(2)8-12(3)16-13(4)15-7-5-6-14(9-15)10-17/h5-7,9,11-13,16-17H,8,10H2,1-4H3. The predicted molar refractivity (Wildman–Crippen MR) is 72.8 cm³/mol. The summed E-state index contributed by atoms with van der Waals surface area (Å²) in [6.45, 7) is 9.01. The maximum Gasteiger partial charge on any atom is 0.0681 e. The highest BCUT2D eigenvalue weighted by Crippen LogP contribution is 2.16. The molecule has 0 radical (unpaired) electrons. The summed E-state index contributed by atoms with van der Waals surface area (Å²) in [7, 11) is 0. The molecule has 0 amide bonds. The maximum atomic E-state index is 9.12. The third-order valence-corrected chi connectivity index (χ3v) is 2.99. The molecule has 0 aromatic heterocycles. The Labute approximate surface area is 105 Å². The van der Waals surface area contributed by atoms with Gasteiger partial charge in [-0.1, -0.05) is 38.1 Å². The fourth-order valence-corrected chi connectivity index (χ4v) is 2.26. The second kappa shape index (κ2) is 6.77. The van der Waals surface area contributed by atoms with Crippen LogP contribution in [0.2, 0.25) is 0 Å². The summed E-state index contributed by atoms with van der Waals surface area (Å²) < 4.78 is 0. The van der Waals surface area contributed by atoms with Crippen LogP contribution in [0.25, 0.3) is 0 Å². The molecule has 0 aliphatic carbocycles. The molecule has 2 heteroatoms. The highest BCUT2D eigenvalue weighted by atomic mass is 16.3. The monoisotopic (exact) mass is 235 g/mol. The van der Waals surface area contributed by atoms with Crippen LogP contribution in [0.4, 0.5) is 0 Å². The first-order chi connectivity index (χ1) is 8.02. The average molecular weight is 235 g/mol. The molecular weight excluding hydrogens is 210 g/mol. The van der Waals surface area contributed by atoms with Crippen molar-refractivity contribution in [2.75, 3.05) is 0 Å². The van der Waals surface area contributed by atoms with Gasteiger partial charge in [-0.25, -0.2) is 0 Å². The Kier molecular flexibility index (Phi) is 5.66. The van der Waals surface area contributed by atoms with Gasteiger partial charge in [0.1, 0.15) is 0 Å². The second-order valence-corrected chi connectivity index (χ2v) is 5.32. The van der Waals surface area contributed by atoms with Gasteiger partial charge in [0.2, 0.25) is 0 Å². The first-order valence-electron chi connectivity index (χ1n) is 6.48. The van der Waals surface area contributed by atoms with E-state index in [4.69, 9.17) is 5.11 Å². The van der Waals surface area contributed by atoms with Crippen molar-refractivity contribution in [2.24, 2.45) is 5.92 Å². The molecule has 1 aromatic rings. The lowest BCUT2D eigenvalue weighted by molar-refractivity contribution is 0.281. The number of aliphatic hydroxyl groups excluding tert-OH is 1. The molecule has 2 unspecified atom stereocenters. The minimum Gasteiger partial charge on any atom is -0.392 e. The van der Waals surface area contributed by atoms with Crippen LogP contribution in [-0.4, -0.2) is 11.1 Å². The van der Waals surface area contributed by atoms with Gasteiger partial charge < -0.3 is 10.4 Å². The van der Waals surface area contributed by atoms with Crippen LogP contribution in [0.15, 0.2) is 24.3 Å². The molecular formula is C15H25NO. The minimum atomic E-state index is 0.113.